The minimum absolute atomic E-state index is 0.103. The maximum absolute atomic E-state index is 10.6. The standard InChI is InChI=1S/C14H18N4O2/c1-10-14(7-8-15)11(2)17(16-10)9-12-3-5-13(6-4-12)18(19)20/h3-6H,7-9,15H2,1-2H3. The van der Waals surface area contributed by atoms with Gasteiger partial charge in [-0.25, -0.2) is 0 Å². The third-order valence-corrected chi connectivity index (χ3v) is 3.41. The van der Waals surface area contributed by atoms with Gasteiger partial charge in [-0.3, -0.25) is 14.8 Å². The summed E-state index contributed by atoms with van der Waals surface area (Å²) in [6, 6.07) is 6.55. The van der Waals surface area contributed by atoms with Crippen LogP contribution < -0.4 is 5.73 Å². The molecule has 6 nitrogen and oxygen atoms in total. The predicted octanol–water partition coefficient (Wildman–Crippen LogP) is 1.96. The number of hydrogen-bond acceptors (Lipinski definition) is 4. The monoisotopic (exact) mass is 274 g/mol. The zero-order chi connectivity index (χ0) is 14.7. The molecule has 1 aromatic carbocycles. The summed E-state index contributed by atoms with van der Waals surface area (Å²) in [7, 11) is 0. The van der Waals surface area contributed by atoms with E-state index >= 15 is 0 Å². The average molecular weight is 274 g/mol. The largest absolute Gasteiger partial charge is 0.330 e. The van der Waals surface area contributed by atoms with Crippen LogP contribution in [-0.4, -0.2) is 21.2 Å². The number of nitro benzene ring substituents is 1. The number of nitrogens with two attached hydrogens (primary N) is 1. The SMILES string of the molecule is Cc1nn(Cc2ccc([N+](=O)[O-])cc2)c(C)c1CCN. The summed E-state index contributed by atoms with van der Waals surface area (Å²) in [6.07, 6.45) is 0.817. The van der Waals surface area contributed by atoms with E-state index in [0.717, 1.165) is 23.4 Å². The van der Waals surface area contributed by atoms with E-state index in [1.54, 1.807) is 12.1 Å². The number of nitrogens with zero attached hydrogens (tertiary/aromatic N) is 3. The van der Waals surface area contributed by atoms with Crippen molar-refractivity contribution >= 4 is 5.69 Å². The van der Waals surface area contributed by atoms with Crippen LogP contribution in [0.3, 0.4) is 0 Å². The predicted molar refractivity (Wildman–Crippen MR) is 76.7 cm³/mol. The van der Waals surface area contributed by atoms with Gasteiger partial charge in [0.1, 0.15) is 0 Å². The van der Waals surface area contributed by atoms with E-state index in [1.807, 2.05) is 18.5 Å². The van der Waals surface area contributed by atoms with Gasteiger partial charge in [0.2, 0.25) is 0 Å². The molecule has 0 fully saturated rings. The Balaban J connectivity index is 2.21. The summed E-state index contributed by atoms with van der Waals surface area (Å²) >= 11 is 0. The quantitative estimate of drug-likeness (QED) is 0.667. The fourth-order valence-electron chi connectivity index (χ4n) is 2.29. The van der Waals surface area contributed by atoms with Gasteiger partial charge in [0.05, 0.1) is 17.2 Å². The van der Waals surface area contributed by atoms with Crippen LogP contribution in [0.25, 0.3) is 0 Å². The summed E-state index contributed by atoms with van der Waals surface area (Å²) < 4.78 is 1.92. The van der Waals surface area contributed by atoms with E-state index in [-0.39, 0.29) is 5.69 Å². The molecule has 0 saturated heterocycles. The maximum atomic E-state index is 10.6. The molecule has 0 bridgehead atoms. The molecule has 0 atom stereocenters. The lowest BCUT2D eigenvalue weighted by Crippen LogP contribution is -2.06. The Hall–Kier alpha value is -2.21. The van der Waals surface area contributed by atoms with Crippen LogP contribution in [0.2, 0.25) is 0 Å². The summed E-state index contributed by atoms with van der Waals surface area (Å²) in [5, 5.41) is 15.1. The first-order valence-electron chi connectivity index (χ1n) is 6.49. The number of non-ortho nitro benzene ring substituents is 1. The minimum Gasteiger partial charge on any atom is -0.330 e. The molecule has 0 radical (unpaired) electrons. The van der Waals surface area contributed by atoms with Crippen LogP contribution in [-0.2, 0) is 13.0 Å². The number of benzene rings is 1. The van der Waals surface area contributed by atoms with Gasteiger partial charge in [-0.1, -0.05) is 12.1 Å². The zero-order valence-corrected chi connectivity index (χ0v) is 11.7. The lowest BCUT2D eigenvalue weighted by Gasteiger charge is -2.05. The maximum Gasteiger partial charge on any atom is 0.269 e. The van der Waals surface area contributed by atoms with E-state index in [2.05, 4.69) is 5.10 Å². The first-order valence-corrected chi connectivity index (χ1v) is 6.49. The first-order chi connectivity index (χ1) is 9.52. The fraction of sp³-hybridized carbons (Fsp3) is 0.357. The summed E-state index contributed by atoms with van der Waals surface area (Å²) in [5.41, 5.74) is 9.98. The van der Waals surface area contributed by atoms with Crippen molar-refractivity contribution in [1.29, 1.82) is 0 Å². The Labute approximate surface area is 117 Å². The average Bonchev–Trinajstić information content (AvgIpc) is 2.67. The second kappa shape index (κ2) is 5.83. The summed E-state index contributed by atoms with van der Waals surface area (Å²) in [4.78, 5) is 10.2. The van der Waals surface area contributed by atoms with Crippen molar-refractivity contribution in [2.45, 2.75) is 26.8 Å². The molecule has 6 heteroatoms. The van der Waals surface area contributed by atoms with Crippen molar-refractivity contribution in [3.63, 3.8) is 0 Å². The number of hydrogen-bond donors (Lipinski definition) is 1. The second-order valence-corrected chi connectivity index (χ2v) is 4.77. The van der Waals surface area contributed by atoms with E-state index in [0.29, 0.717) is 13.1 Å². The van der Waals surface area contributed by atoms with Crippen LogP contribution >= 0.6 is 0 Å². The first kappa shape index (κ1) is 14.2. The van der Waals surface area contributed by atoms with E-state index in [9.17, 15) is 10.1 Å². The Morgan fingerprint density at radius 1 is 1.30 bits per heavy atom. The van der Waals surface area contributed by atoms with Crippen LogP contribution in [0, 0.1) is 24.0 Å². The van der Waals surface area contributed by atoms with Gasteiger partial charge in [0.25, 0.3) is 5.69 Å². The summed E-state index contributed by atoms with van der Waals surface area (Å²) in [6.45, 7) is 5.21. The highest BCUT2D eigenvalue weighted by molar-refractivity contribution is 5.33. The Bertz CT molecular complexity index is 617. The lowest BCUT2D eigenvalue weighted by molar-refractivity contribution is -0.384. The van der Waals surface area contributed by atoms with Crippen molar-refractivity contribution in [2.75, 3.05) is 6.54 Å². The van der Waals surface area contributed by atoms with Gasteiger partial charge < -0.3 is 5.73 Å². The van der Waals surface area contributed by atoms with Gasteiger partial charge in [0, 0.05) is 17.8 Å². The molecule has 0 aliphatic heterocycles. The zero-order valence-electron chi connectivity index (χ0n) is 11.7. The molecule has 1 aromatic heterocycles. The van der Waals surface area contributed by atoms with Crippen molar-refractivity contribution in [1.82, 2.24) is 9.78 Å². The third kappa shape index (κ3) is 2.85. The smallest absolute Gasteiger partial charge is 0.269 e. The highest BCUT2D eigenvalue weighted by Crippen LogP contribution is 2.17. The molecule has 0 saturated carbocycles. The van der Waals surface area contributed by atoms with E-state index in [1.165, 1.54) is 17.7 Å². The number of aryl methyl sites for hydroxylation is 1. The normalized spacial score (nSPS) is 10.8. The fourth-order valence-corrected chi connectivity index (χ4v) is 2.29. The molecule has 106 valence electrons. The van der Waals surface area contributed by atoms with E-state index < -0.39 is 4.92 Å². The van der Waals surface area contributed by atoms with Gasteiger partial charge >= 0.3 is 0 Å². The topological polar surface area (TPSA) is 87.0 Å². The number of nitro groups is 1. The number of rotatable bonds is 5. The molecule has 2 N–H and O–H groups in total. The molecule has 0 aliphatic carbocycles. The highest BCUT2D eigenvalue weighted by Gasteiger charge is 2.11. The molecule has 2 aromatic rings. The summed E-state index contributed by atoms with van der Waals surface area (Å²) in [5.74, 6) is 0. The molecule has 0 amide bonds. The van der Waals surface area contributed by atoms with Gasteiger partial charge in [0.15, 0.2) is 0 Å². The van der Waals surface area contributed by atoms with Gasteiger partial charge in [-0.05, 0) is 37.9 Å². The lowest BCUT2D eigenvalue weighted by atomic mass is 10.1. The molecular weight excluding hydrogens is 256 g/mol. The molecule has 0 aliphatic rings. The Kier molecular flexibility index (Phi) is 4.14. The molecule has 0 spiro atoms. The second-order valence-electron chi connectivity index (χ2n) is 4.77. The Morgan fingerprint density at radius 3 is 2.50 bits per heavy atom. The minimum atomic E-state index is -0.396. The van der Waals surface area contributed by atoms with Crippen LogP contribution in [0.15, 0.2) is 24.3 Å². The van der Waals surface area contributed by atoms with Crippen LogP contribution in [0.4, 0.5) is 5.69 Å². The van der Waals surface area contributed by atoms with Crippen molar-refractivity contribution in [3.05, 3.63) is 56.9 Å². The highest BCUT2D eigenvalue weighted by atomic mass is 16.6. The van der Waals surface area contributed by atoms with Crippen LogP contribution in [0.1, 0.15) is 22.5 Å². The van der Waals surface area contributed by atoms with Crippen LogP contribution in [0.5, 0.6) is 0 Å². The molecule has 2 rings (SSSR count). The molecule has 20 heavy (non-hydrogen) atoms. The molecule has 0 unspecified atom stereocenters. The van der Waals surface area contributed by atoms with Crippen molar-refractivity contribution < 1.29 is 4.92 Å². The third-order valence-electron chi connectivity index (χ3n) is 3.41. The molecular formula is C14H18N4O2. The number of aromatic nitrogens is 2. The van der Waals surface area contributed by atoms with Crippen molar-refractivity contribution in [2.24, 2.45) is 5.73 Å². The van der Waals surface area contributed by atoms with Gasteiger partial charge in [-0.15, -0.1) is 0 Å². The van der Waals surface area contributed by atoms with E-state index in [4.69, 9.17) is 5.73 Å². The molecule has 1 heterocycles. The van der Waals surface area contributed by atoms with Crippen molar-refractivity contribution in [3.8, 4) is 0 Å². The van der Waals surface area contributed by atoms with Gasteiger partial charge in [-0.2, -0.15) is 5.10 Å². The Morgan fingerprint density at radius 2 is 1.95 bits per heavy atom.